The molecule has 0 aromatic rings. The molecule has 1 atom stereocenters. The van der Waals surface area contributed by atoms with Crippen molar-refractivity contribution in [2.24, 2.45) is 23.7 Å². The second-order valence-electron chi connectivity index (χ2n) is 8.71. The molecule has 0 heterocycles. The van der Waals surface area contributed by atoms with E-state index in [-0.39, 0.29) is 6.67 Å². The lowest BCUT2D eigenvalue weighted by Gasteiger charge is -2.33. The van der Waals surface area contributed by atoms with E-state index in [0.29, 0.717) is 12.5 Å². The zero-order chi connectivity index (χ0) is 17.9. The van der Waals surface area contributed by atoms with Crippen LogP contribution < -0.4 is 0 Å². The predicted molar refractivity (Wildman–Crippen MR) is 106 cm³/mol. The third kappa shape index (κ3) is 7.81. The van der Waals surface area contributed by atoms with Gasteiger partial charge in [-0.25, -0.2) is 0 Å². The highest BCUT2D eigenvalue weighted by atomic mass is 19.1. The van der Waals surface area contributed by atoms with Gasteiger partial charge in [0.25, 0.3) is 0 Å². The Balaban J connectivity index is 1.53. The first-order chi connectivity index (χ1) is 12.2. The van der Waals surface area contributed by atoms with Gasteiger partial charge in [0.05, 0.1) is 12.8 Å². The van der Waals surface area contributed by atoms with E-state index in [1.54, 1.807) is 0 Å². The van der Waals surface area contributed by atoms with Crippen LogP contribution in [0.2, 0.25) is 0 Å². The molecule has 0 bridgehead atoms. The lowest BCUT2D eigenvalue weighted by atomic mass is 9.74. The minimum absolute atomic E-state index is 0.214. The van der Waals surface area contributed by atoms with Crippen LogP contribution in [0.5, 0.6) is 0 Å². The third-order valence-electron chi connectivity index (χ3n) is 7.06. The molecule has 0 aromatic heterocycles. The molecule has 0 radical (unpaired) electrons. The van der Waals surface area contributed by atoms with Crippen LogP contribution in [0.15, 0.2) is 12.2 Å². The molecule has 2 aliphatic carbocycles. The summed E-state index contributed by atoms with van der Waals surface area (Å²) in [5.41, 5.74) is 0. The SMILES string of the molecule is COC(C)C1CCC(CCC2CCC(CC/C=C/CCF)CC2)CC1. The summed E-state index contributed by atoms with van der Waals surface area (Å²) in [6.45, 7) is 2.02. The molecule has 0 saturated heterocycles. The molecule has 2 heteroatoms. The molecule has 2 aliphatic rings. The molecular formula is C23H41FO. The topological polar surface area (TPSA) is 9.23 Å². The van der Waals surface area contributed by atoms with Crippen LogP contribution >= 0.6 is 0 Å². The van der Waals surface area contributed by atoms with Crippen molar-refractivity contribution in [2.45, 2.75) is 96.5 Å². The molecule has 146 valence electrons. The Morgan fingerprint density at radius 2 is 1.28 bits per heavy atom. The number of ether oxygens (including phenoxy) is 1. The van der Waals surface area contributed by atoms with Gasteiger partial charge in [-0.2, -0.15) is 0 Å². The second kappa shape index (κ2) is 12.1. The van der Waals surface area contributed by atoms with E-state index < -0.39 is 0 Å². The summed E-state index contributed by atoms with van der Waals surface area (Å²) in [7, 11) is 1.85. The van der Waals surface area contributed by atoms with Crippen LogP contribution in [0.1, 0.15) is 90.4 Å². The van der Waals surface area contributed by atoms with Crippen LogP contribution in [0.25, 0.3) is 0 Å². The number of rotatable bonds is 10. The first-order valence-electron chi connectivity index (χ1n) is 11.0. The van der Waals surface area contributed by atoms with Crippen molar-refractivity contribution in [3.05, 3.63) is 12.2 Å². The maximum atomic E-state index is 12.0. The molecule has 2 fully saturated rings. The van der Waals surface area contributed by atoms with Gasteiger partial charge in [0.15, 0.2) is 0 Å². The lowest BCUT2D eigenvalue weighted by molar-refractivity contribution is 0.0416. The molecule has 0 amide bonds. The molecule has 1 nitrogen and oxygen atoms in total. The lowest BCUT2D eigenvalue weighted by Crippen LogP contribution is -2.25. The van der Waals surface area contributed by atoms with Crippen molar-refractivity contribution < 1.29 is 9.13 Å². The Kier molecular flexibility index (Phi) is 10.1. The van der Waals surface area contributed by atoms with Crippen molar-refractivity contribution >= 4 is 0 Å². The van der Waals surface area contributed by atoms with E-state index in [1.165, 1.54) is 70.6 Å². The smallest absolute Gasteiger partial charge is 0.0928 e. The average Bonchev–Trinajstić information content (AvgIpc) is 2.67. The Bertz CT molecular complexity index is 351. The highest BCUT2D eigenvalue weighted by molar-refractivity contribution is 4.83. The Hall–Kier alpha value is -0.370. The first-order valence-corrected chi connectivity index (χ1v) is 11.0. The van der Waals surface area contributed by atoms with E-state index in [2.05, 4.69) is 13.0 Å². The van der Waals surface area contributed by atoms with Crippen molar-refractivity contribution in [1.29, 1.82) is 0 Å². The number of halogens is 1. The highest BCUT2D eigenvalue weighted by Gasteiger charge is 2.26. The fourth-order valence-corrected chi connectivity index (χ4v) is 5.05. The summed E-state index contributed by atoms with van der Waals surface area (Å²) in [6.07, 6.45) is 22.0. The number of hydrogen-bond donors (Lipinski definition) is 0. The predicted octanol–water partition coefficient (Wildman–Crippen LogP) is 7.11. The monoisotopic (exact) mass is 352 g/mol. The summed E-state index contributed by atoms with van der Waals surface area (Å²) >= 11 is 0. The van der Waals surface area contributed by atoms with Gasteiger partial charge in [-0.05, 0) is 62.7 Å². The highest BCUT2D eigenvalue weighted by Crippen LogP contribution is 2.38. The summed E-state index contributed by atoms with van der Waals surface area (Å²) in [6, 6.07) is 0. The van der Waals surface area contributed by atoms with Crippen LogP contribution in [0.3, 0.4) is 0 Å². The van der Waals surface area contributed by atoms with Crippen molar-refractivity contribution in [1.82, 2.24) is 0 Å². The van der Waals surface area contributed by atoms with Crippen molar-refractivity contribution in [3.63, 3.8) is 0 Å². The first kappa shape index (κ1) is 20.9. The molecule has 0 N–H and O–H groups in total. The molecule has 0 aliphatic heterocycles. The molecule has 2 saturated carbocycles. The van der Waals surface area contributed by atoms with Crippen molar-refractivity contribution in [3.8, 4) is 0 Å². The standard InChI is InChI=1S/C23H41FO/c1-19(25-2)23-16-14-22(15-17-23)13-12-21-10-8-20(9-11-21)7-5-3-4-6-18-24/h3-4,19-23H,5-18H2,1-2H3/b4-3+. The number of allylic oxidation sites excluding steroid dienone is 2. The minimum atomic E-state index is -0.214. The van der Waals surface area contributed by atoms with E-state index in [1.807, 2.05) is 13.2 Å². The van der Waals surface area contributed by atoms with Gasteiger partial charge >= 0.3 is 0 Å². The molecular weight excluding hydrogens is 311 g/mol. The summed E-state index contributed by atoms with van der Waals surface area (Å²) in [5.74, 6) is 3.71. The Morgan fingerprint density at radius 1 is 0.800 bits per heavy atom. The van der Waals surface area contributed by atoms with E-state index in [4.69, 9.17) is 4.74 Å². The number of methoxy groups -OCH3 is 1. The zero-order valence-electron chi connectivity index (χ0n) is 16.7. The molecule has 25 heavy (non-hydrogen) atoms. The average molecular weight is 353 g/mol. The fourth-order valence-electron chi connectivity index (χ4n) is 5.05. The Morgan fingerprint density at radius 3 is 1.80 bits per heavy atom. The van der Waals surface area contributed by atoms with Gasteiger partial charge < -0.3 is 4.74 Å². The Labute approximate surface area is 155 Å². The van der Waals surface area contributed by atoms with Gasteiger partial charge in [0.1, 0.15) is 0 Å². The quantitative estimate of drug-likeness (QED) is 0.381. The van der Waals surface area contributed by atoms with Crippen LogP contribution in [-0.2, 0) is 4.74 Å². The summed E-state index contributed by atoms with van der Waals surface area (Å²) in [4.78, 5) is 0. The van der Waals surface area contributed by atoms with Crippen LogP contribution in [0.4, 0.5) is 4.39 Å². The molecule has 0 spiro atoms. The summed E-state index contributed by atoms with van der Waals surface area (Å²) < 4.78 is 17.6. The van der Waals surface area contributed by atoms with E-state index >= 15 is 0 Å². The normalized spacial score (nSPS) is 32.1. The van der Waals surface area contributed by atoms with Crippen LogP contribution in [-0.4, -0.2) is 19.9 Å². The third-order valence-corrected chi connectivity index (χ3v) is 7.06. The molecule has 0 aromatic carbocycles. The number of hydrogen-bond acceptors (Lipinski definition) is 1. The summed E-state index contributed by atoms with van der Waals surface area (Å²) in [5, 5.41) is 0. The van der Waals surface area contributed by atoms with E-state index in [0.717, 1.165) is 30.1 Å². The van der Waals surface area contributed by atoms with Crippen molar-refractivity contribution in [2.75, 3.05) is 13.8 Å². The van der Waals surface area contributed by atoms with Crippen LogP contribution in [0, 0.1) is 23.7 Å². The van der Waals surface area contributed by atoms with Gasteiger partial charge in [-0.3, -0.25) is 4.39 Å². The zero-order valence-corrected chi connectivity index (χ0v) is 16.7. The van der Waals surface area contributed by atoms with Gasteiger partial charge in [0.2, 0.25) is 0 Å². The second-order valence-corrected chi connectivity index (χ2v) is 8.71. The van der Waals surface area contributed by atoms with Gasteiger partial charge in [-0.15, -0.1) is 0 Å². The number of alkyl halides is 1. The maximum absolute atomic E-state index is 12.0. The fraction of sp³-hybridized carbons (Fsp3) is 0.913. The van der Waals surface area contributed by atoms with E-state index in [9.17, 15) is 4.39 Å². The molecule has 2 rings (SSSR count). The minimum Gasteiger partial charge on any atom is -0.381 e. The molecule has 1 unspecified atom stereocenters. The maximum Gasteiger partial charge on any atom is 0.0928 e. The van der Waals surface area contributed by atoms with Gasteiger partial charge in [0, 0.05) is 7.11 Å². The largest absolute Gasteiger partial charge is 0.381 e. The van der Waals surface area contributed by atoms with Gasteiger partial charge in [-0.1, -0.05) is 63.5 Å².